The van der Waals surface area contributed by atoms with Gasteiger partial charge in [-0.05, 0) is 33.7 Å². The Morgan fingerprint density at radius 2 is 1.62 bits per heavy atom. The number of fused-ring (bicyclic) bond motifs is 2. The van der Waals surface area contributed by atoms with Crippen LogP contribution in [0.3, 0.4) is 0 Å². The lowest BCUT2D eigenvalue weighted by Crippen LogP contribution is -1.96. The highest BCUT2D eigenvalue weighted by molar-refractivity contribution is 6.13. The van der Waals surface area contributed by atoms with Crippen molar-refractivity contribution in [2.75, 3.05) is 5.43 Å². The van der Waals surface area contributed by atoms with Gasteiger partial charge < -0.3 is 0 Å². The van der Waals surface area contributed by atoms with Gasteiger partial charge in [0.2, 0.25) is 0 Å². The molecule has 6 heteroatoms. The standard InChI is InChI=1S/C20H14N4O2/c25-24(26)16-9-10-20(21-12-16)23-22-13-19-17-7-3-1-5-14(17)11-15-6-2-4-8-18(15)19/h1-13H,(H,21,23)/b22-13-. The van der Waals surface area contributed by atoms with E-state index in [4.69, 9.17) is 0 Å². The maximum absolute atomic E-state index is 10.7. The molecule has 4 rings (SSSR count). The number of hydrazone groups is 1. The van der Waals surface area contributed by atoms with Gasteiger partial charge in [0.25, 0.3) is 5.69 Å². The Kier molecular flexibility index (Phi) is 3.99. The summed E-state index contributed by atoms with van der Waals surface area (Å²) in [5.41, 5.74) is 3.78. The Morgan fingerprint density at radius 1 is 0.962 bits per heavy atom. The third kappa shape index (κ3) is 2.95. The van der Waals surface area contributed by atoms with Crippen molar-refractivity contribution < 1.29 is 4.92 Å². The lowest BCUT2D eigenvalue weighted by Gasteiger charge is -2.08. The van der Waals surface area contributed by atoms with Crippen LogP contribution in [0.2, 0.25) is 0 Å². The lowest BCUT2D eigenvalue weighted by atomic mass is 9.97. The van der Waals surface area contributed by atoms with Crippen molar-refractivity contribution in [2.24, 2.45) is 5.10 Å². The predicted molar refractivity (Wildman–Crippen MR) is 104 cm³/mol. The number of nitrogens with zero attached hydrogens (tertiary/aromatic N) is 3. The maximum atomic E-state index is 10.7. The summed E-state index contributed by atoms with van der Waals surface area (Å²) >= 11 is 0. The SMILES string of the molecule is O=[N+]([O-])c1ccc(N/N=C\c2c3ccccc3cc3ccccc23)nc1. The number of hydrogen-bond donors (Lipinski definition) is 1. The highest BCUT2D eigenvalue weighted by Crippen LogP contribution is 2.27. The third-order valence-electron chi connectivity index (χ3n) is 4.14. The molecular weight excluding hydrogens is 328 g/mol. The fourth-order valence-corrected chi connectivity index (χ4v) is 2.91. The first kappa shape index (κ1) is 15.7. The smallest absolute Gasteiger partial charge is 0.261 e. The predicted octanol–water partition coefficient (Wildman–Crippen LogP) is 4.74. The minimum absolute atomic E-state index is 0.0559. The van der Waals surface area contributed by atoms with Crippen LogP contribution in [-0.2, 0) is 0 Å². The van der Waals surface area contributed by atoms with E-state index in [0.717, 1.165) is 27.1 Å². The molecule has 0 aliphatic carbocycles. The van der Waals surface area contributed by atoms with Crippen molar-refractivity contribution in [3.63, 3.8) is 0 Å². The van der Waals surface area contributed by atoms with Gasteiger partial charge in [0.15, 0.2) is 0 Å². The fraction of sp³-hybridized carbons (Fsp3) is 0. The van der Waals surface area contributed by atoms with E-state index in [1.165, 1.54) is 18.3 Å². The number of rotatable bonds is 4. The second-order valence-electron chi connectivity index (χ2n) is 5.76. The number of aromatic nitrogens is 1. The first-order valence-electron chi connectivity index (χ1n) is 8.02. The Balaban J connectivity index is 1.71. The molecule has 0 aliphatic rings. The fourth-order valence-electron chi connectivity index (χ4n) is 2.91. The summed E-state index contributed by atoms with van der Waals surface area (Å²) in [6.45, 7) is 0. The molecule has 0 saturated carbocycles. The molecule has 0 radical (unpaired) electrons. The number of nitrogens with one attached hydrogen (secondary N) is 1. The molecule has 0 atom stereocenters. The summed E-state index contributed by atoms with van der Waals surface area (Å²) in [5.74, 6) is 0.441. The van der Waals surface area contributed by atoms with E-state index in [1.54, 1.807) is 6.21 Å². The summed E-state index contributed by atoms with van der Waals surface area (Å²) in [6.07, 6.45) is 2.96. The van der Waals surface area contributed by atoms with Crippen LogP contribution in [0.25, 0.3) is 21.5 Å². The Bertz CT molecular complexity index is 1080. The van der Waals surface area contributed by atoms with Crippen LogP contribution < -0.4 is 5.43 Å². The van der Waals surface area contributed by atoms with Crippen molar-refractivity contribution in [1.29, 1.82) is 0 Å². The van der Waals surface area contributed by atoms with Gasteiger partial charge in [-0.15, -0.1) is 0 Å². The average Bonchev–Trinajstić information content (AvgIpc) is 2.68. The zero-order valence-electron chi connectivity index (χ0n) is 13.7. The Morgan fingerprint density at radius 3 is 2.19 bits per heavy atom. The van der Waals surface area contributed by atoms with Gasteiger partial charge in [0.1, 0.15) is 12.0 Å². The molecule has 0 amide bonds. The molecule has 26 heavy (non-hydrogen) atoms. The molecular formula is C20H14N4O2. The zero-order valence-corrected chi connectivity index (χ0v) is 13.7. The number of pyridine rings is 1. The highest BCUT2D eigenvalue weighted by atomic mass is 16.6. The second-order valence-corrected chi connectivity index (χ2v) is 5.76. The summed E-state index contributed by atoms with van der Waals surface area (Å²) in [7, 11) is 0. The van der Waals surface area contributed by atoms with E-state index < -0.39 is 4.92 Å². The maximum Gasteiger partial charge on any atom is 0.287 e. The molecule has 0 aliphatic heterocycles. The average molecular weight is 342 g/mol. The molecule has 0 saturated heterocycles. The van der Waals surface area contributed by atoms with Crippen molar-refractivity contribution in [3.05, 3.63) is 88.6 Å². The molecule has 1 N–H and O–H groups in total. The van der Waals surface area contributed by atoms with E-state index in [0.29, 0.717) is 5.82 Å². The van der Waals surface area contributed by atoms with Gasteiger partial charge in [-0.2, -0.15) is 5.10 Å². The largest absolute Gasteiger partial charge is 0.287 e. The van der Waals surface area contributed by atoms with Gasteiger partial charge >= 0.3 is 0 Å². The van der Waals surface area contributed by atoms with Crippen molar-refractivity contribution in [3.8, 4) is 0 Å². The highest BCUT2D eigenvalue weighted by Gasteiger charge is 2.06. The van der Waals surface area contributed by atoms with Crippen molar-refractivity contribution >= 4 is 39.3 Å². The molecule has 4 aromatic rings. The number of hydrogen-bond acceptors (Lipinski definition) is 5. The summed E-state index contributed by atoms with van der Waals surface area (Å²) in [4.78, 5) is 14.2. The van der Waals surface area contributed by atoms with E-state index in [9.17, 15) is 10.1 Å². The number of benzene rings is 3. The molecule has 1 heterocycles. The molecule has 0 bridgehead atoms. The van der Waals surface area contributed by atoms with E-state index in [1.807, 2.05) is 24.3 Å². The summed E-state index contributed by atoms with van der Waals surface area (Å²) in [5, 5.41) is 19.4. The van der Waals surface area contributed by atoms with Crippen LogP contribution >= 0.6 is 0 Å². The third-order valence-corrected chi connectivity index (χ3v) is 4.14. The van der Waals surface area contributed by atoms with Gasteiger partial charge in [0.05, 0.1) is 11.1 Å². The van der Waals surface area contributed by atoms with Gasteiger partial charge in [-0.25, -0.2) is 4.98 Å². The second kappa shape index (κ2) is 6.60. The first-order valence-corrected chi connectivity index (χ1v) is 8.02. The molecule has 0 spiro atoms. The summed E-state index contributed by atoms with van der Waals surface area (Å²) in [6, 6.07) is 21.4. The minimum Gasteiger partial charge on any atom is -0.261 e. The van der Waals surface area contributed by atoms with Gasteiger partial charge in [-0.3, -0.25) is 15.5 Å². The molecule has 0 fully saturated rings. The number of anilines is 1. The lowest BCUT2D eigenvalue weighted by molar-refractivity contribution is -0.385. The van der Waals surface area contributed by atoms with Crippen molar-refractivity contribution in [2.45, 2.75) is 0 Å². The van der Waals surface area contributed by atoms with E-state index >= 15 is 0 Å². The Hall–Kier alpha value is -3.80. The summed E-state index contributed by atoms with van der Waals surface area (Å²) < 4.78 is 0. The van der Waals surface area contributed by atoms with Gasteiger partial charge in [-0.1, -0.05) is 48.5 Å². The molecule has 6 nitrogen and oxygen atoms in total. The van der Waals surface area contributed by atoms with Crippen LogP contribution in [0.4, 0.5) is 11.5 Å². The van der Waals surface area contributed by atoms with Crippen molar-refractivity contribution in [1.82, 2.24) is 4.98 Å². The minimum atomic E-state index is -0.484. The Labute approximate surface area is 149 Å². The van der Waals surface area contributed by atoms with E-state index in [2.05, 4.69) is 45.8 Å². The van der Waals surface area contributed by atoms with Crippen LogP contribution in [0, 0.1) is 10.1 Å². The quantitative estimate of drug-likeness (QED) is 0.251. The topological polar surface area (TPSA) is 80.4 Å². The zero-order chi connectivity index (χ0) is 17.9. The molecule has 126 valence electrons. The normalized spacial score (nSPS) is 11.2. The number of nitro groups is 1. The first-order chi connectivity index (χ1) is 12.7. The molecule has 0 unspecified atom stereocenters. The molecule has 1 aromatic heterocycles. The van der Waals surface area contributed by atoms with Crippen LogP contribution in [0.15, 0.2) is 78.0 Å². The van der Waals surface area contributed by atoms with Gasteiger partial charge in [0, 0.05) is 11.6 Å². The molecule has 3 aromatic carbocycles. The van der Waals surface area contributed by atoms with Crippen LogP contribution in [-0.4, -0.2) is 16.1 Å². The van der Waals surface area contributed by atoms with E-state index in [-0.39, 0.29) is 5.69 Å². The van der Waals surface area contributed by atoms with Crippen LogP contribution in [0.5, 0.6) is 0 Å². The van der Waals surface area contributed by atoms with Crippen LogP contribution in [0.1, 0.15) is 5.56 Å². The monoisotopic (exact) mass is 342 g/mol.